The summed E-state index contributed by atoms with van der Waals surface area (Å²) >= 11 is 1.16. The molecule has 226 valence electrons. The van der Waals surface area contributed by atoms with E-state index < -0.39 is 11.8 Å². The average molecular weight is 607 g/mol. The highest BCUT2D eigenvalue weighted by Gasteiger charge is 2.10. The summed E-state index contributed by atoms with van der Waals surface area (Å²) in [6.07, 6.45) is 3.61. The molecule has 0 amide bonds. The summed E-state index contributed by atoms with van der Waals surface area (Å²) < 4.78 is 33.6. The summed E-state index contributed by atoms with van der Waals surface area (Å²) in [4.78, 5) is 36.0. The Hall–Kier alpha value is -4.37. The van der Waals surface area contributed by atoms with Crippen LogP contribution in [-0.4, -0.2) is 43.5 Å². The fourth-order valence-corrected chi connectivity index (χ4v) is 4.46. The Labute approximate surface area is 255 Å². The second-order valence-corrected chi connectivity index (χ2v) is 10.6. The third-order valence-corrected chi connectivity index (χ3v) is 6.97. The van der Waals surface area contributed by atoms with Gasteiger partial charge in [-0.25, -0.2) is 9.59 Å². The van der Waals surface area contributed by atoms with Crippen LogP contribution in [0, 0.1) is 0 Å². The lowest BCUT2D eigenvalue weighted by Gasteiger charge is -2.09. The van der Waals surface area contributed by atoms with Crippen LogP contribution in [0.2, 0.25) is 0 Å². The van der Waals surface area contributed by atoms with Gasteiger partial charge in [0, 0.05) is 16.0 Å². The van der Waals surface area contributed by atoms with Gasteiger partial charge in [-0.05, 0) is 104 Å². The molecule has 0 aliphatic heterocycles. The standard InChI is InChI=1S/C34H35FO7S/c1-24(2)32(36)41-21-7-5-4-6-20-39-29-16-10-28(11-17-29)34(38)43-31-18-12-27(13-19-31)26-8-14-30(15-9-26)40-22-23-42-33(37)25(3)35/h8-19H,1,3-7,20-23H2,2H3. The van der Waals surface area contributed by atoms with E-state index in [1.807, 2.05) is 36.4 Å². The van der Waals surface area contributed by atoms with Crippen LogP contribution in [0.1, 0.15) is 43.0 Å². The fourth-order valence-electron chi connectivity index (χ4n) is 3.72. The van der Waals surface area contributed by atoms with E-state index in [4.69, 9.17) is 14.2 Å². The maximum atomic E-state index is 12.8. The molecule has 7 nitrogen and oxygen atoms in total. The predicted octanol–water partition coefficient (Wildman–Crippen LogP) is 7.75. The molecule has 3 aromatic carbocycles. The van der Waals surface area contributed by atoms with Gasteiger partial charge in [0.05, 0.1) is 13.2 Å². The van der Waals surface area contributed by atoms with Crippen LogP contribution in [0.15, 0.2) is 102 Å². The van der Waals surface area contributed by atoms with E-state index >= 15 is 0 Å². The zero-order chi connectivity index (χ0) is 31.0. The lowest BCUT2D eigenvalue weighted by atomic mass is 10.1. The predicted molar refractivity (Wildman–Crippen MR) is 165 cm³/mol. The van der Waals surface area contributed by atoms with Crippen molar-refractivity contribution in [1.82, 2.24) is 0 Å². The van der Waals surface area contributed by atoms with Crippen molar-refractivity contribution in [3.05, 3.63) is 103 Å². The Morgan fingerprint density at radius 3 is 1.74 bits per heavy atom. The van der Waals surface area contributed by atoms with Gasteiger partial charge in [0.1, 0.15) is 24.7 Å². The first-order valence-electron chi connectivity index (χ1n) is 13.9. The van der Waals surface area contributed by atoms with Gasteiger partial charge in [-0.1, -0.05) is 37.4 Å². The first kappa shape index (κ1) is 33.1. The van der Waals surface area contributed by atoms with Crippen LogP contribution in [0.25, 0.3) is 11.1 Å². The van der Waals surface area contributed by atoms with Crippen LogP contribution >= 0.6 is 11.8 Å². The number of carbonyl (C=O) groups is 3. The Morgan fingerprint density at radius 2 is 1.16 bits per heavy atom. The van der Waals surface area contributed by atoms with E-state index in [2.05, 4.69) is 17.9 Å². The molecule has 3 rings (SSSR count). The summed E-state index contributed by atoms with van der Waals surface area (Å²) in [5.41, 5.74) is 2.94. The van der Waals surface area contributed by atoms with Gasteiger partial charge >= 0.3 is 11.9 Å². The molecule has 0 saturated carbocycles. The van der Waals surface area contributed by atoms with Crippen molar-refractivity contribution < 1.29 is 37.7 Å². The highest BCUT2D eigenvalue weighted by Crippen LogP contribution is 2.28. The molecule has 0 saturated heterocycles. The molecular formula is C34H35FO7S. The molecule has 0 radical (unpaired) electrons. The minimum atomic E-state index is -1.14. The molecule has 43 heavy (non-hydrogen) atoms. The molecule has 9 heteroatoms. The molecule has 0 atom stereocenters. The van der Waals surface area contributed by atoms with Gasteiger partial charge in [0.2, 0.25) is 10.9 Å². The molecule has 0 aliphatic rings. The van der Waals surface area contributed by atoms with E-state index in [9.17, 15) is 18.8 Å². The number of hydrogen-bond acceptors (Lipinski definition) is 8. The summed E-state index contributed by atoms with van der Waals surface area (Å²) in [7, 11) is 0. The number of esters is 2. The first-order chi connectivity index (χ1) is 20.7. The van der Waals surface area contributed by atoms with Crippen molar-refractivity contribution in [3.63, 3.8) is 0 Å². The van der Waals surface area contributed by atoms with Crippen LogP contribution < -0.4 is 9.47 Å². The SMILES string of the molecule is C=C(C)C(=O)OCCCCCCOc1ccc(C(=O)Sc2ccc(-c3ccc(OCCOC(=O)C(=C)F)cc3)cc2)cc1. The molecule has 0 spiro atoms. The number of ether oxygens (including phenoxy) is 4. The zero-order valence-electron chi connectivity index (χ0n) is 24.1. The quantitative estimate of drug-likeness (QED) is 0.0667. The number of thioether (sulfide) groups is 1. The highest BCUT2D eigenvalue weighted by atomic mass is 32.2. The summed E-state index contributed by atoms with van der Waals surface area (Å²) in [5, 5.41) is -0.0605. The number of unbranched alkanes of at least 4 members (excludes halogenated alkanes) is 3. The van der Waals surface area contributed by atoms with Gasteiger partial charge in [-0.15, -0.1) is 0 Å². The maximum Gasteiger partial charge on any atom is 0.366 e. The normalized spacial score (nSPS) is 10.5. The molecule has 0 aliphatic carbocycles. The number of benzene rings is 3. The summed E-state index contributed by atoms with van der Waals surface area (Å²) in [6, 6.07) is 22.2. The van der Waals surface area contributed by atoms with Gasteiger partial charge in [0.25, 0.3) is 0 Å². The zero-order valence-corrected chi connectivity index (χ0v) is 25.0. The number of hydrogen-bond donors (Lipinski definition) is 0. The van der Waals surface area contributed by atoms with E-state index in [1.54, 1.807) is 43.3 Å². The van der Waals surface area contributed by atoms with Gasteiger partial charge in [0.15, 0.2) is 0 Å². The maximum absolute atomic E-state index is 12.8. The Kier molecular flexibility index (Phi) is 13.5. The van der Waals surface area contributed by atoms with Gasteiger partial charge in [-0.3, -0.25) is 4.79 Å². The van der Waals surface area contributed by atoms with E-state index in [0.717, 1.165) is 53.5 Å². The molecule has 0 N–H and O–H groups in total. The minimum Gasteiger partial charge on any atom is -0.494 e. The molecule has 0 unspecified atom stereocenters. The molecular weight excluding hydrogens is 571 g/mol. The van der Waals surface area contributed by atoms with E-state index in [1.165, 1.54) is 0 Å². The van der Waals surface area contributed by atoms with Crippen LogP contribution in [0.3, 0.4) is 0 Å². The third-order valence-electron chi connectivity index (χ3n) is 6.04. The minimum absolute atomic E-state index is 0.0605. The Balaban J connectivity index is 1.36. The number of carbonyl (C=O) groups excluding carboxylic acids is 3. The lowest BCUT2D eigenvalue weighted by molar-refractivity contribution is -0.141. The topological polar surface area (TPSA) is 88.1 Å². The van der Waals surface area contributed by atoms with Gasteiger partial charge in [-0.2, -0.15) is 4.39 Å². The van der Waals surface area contributed by atoms with Crippen molar-refractivity contribution >= 4 is 28.8 Å². The Bertz CT molecular complexity index is 1380. The monoisotopic (exact) mass is 606 g/mol. The molecule has 3 aromatic rings. The van der Waals surface area contributed by atoms with Crippen molar-refractivity contribution in [2.45, 2.75) is 37.5 Å². The van der Waals surface area contributed by atoms with E-state index in [-0.39, 0.29) is 24.3 Å². The lowest BCUT2D eigenvalue weighted by Crippen LogP contribution is -2.12. The molecule has 0 bridgehead atoms. The summed E-state index contributed by atoms with van der Waals surface area (Å²) in [6.45, 7) is 9.05. The largest absolute Gasteiger partial charge is 0.494 e. The molecule has 0 heterocycles. The Morgan fingerprint density at radius 1 is 0.651 bits per heavy atom. The fraction of sp³-hybridized carbons (Fsp3) is 0.265. The van der Waals surface area contributed by atoms with Crippen LogP contribution in [0.5, 0.6) is 11.5 Å². The molecule has 0 aromatic heterocycles. The van der Waals surface area contributed by atoms with Crippen molar-refractivity contribution in [2.24, 2.45) is 0 Å². The third kappa shape index (κ3) is 11.8. The average Bonchev–Trinajstić information content (AvgIpc) is 3.01. The number of halogens is 1. The van der Waals surface area contributed by atoms with Gasteiger partial charge < -0.3 is 18.9 Å². The van der Waals surface area contributed by atoms with Crippen molar-refractivity contribution in [2.75, 3.05) is 26.4 Å². The van der Waals surface area contributed by atoms with Crippen LogP contribution in [-0.2, 0) is 19.1 Å². The number of rotatable bonds is 17. The van der Waals surface area contributed by atoms with Crippen molar-refractivity contribution in [3.8, 4) is 22.6 Å². The second-order valence-electron chi connectivity index (χ2n) is 9.53. The van der Waals surface area contributed by atoms with Crippen LogP contribution in [0.4, 0.5) is 4.39 Å². The smallest absolute Gasteiger partial charge is 0.366 e. The highest BCUT2D eigenvalue weighted by molar-refractivity contribution is 8.14. The van der Waals surface area contributed by atoms with E-state index in [0.29, 0.717) is 35.8 Å². The second kappa shape index (κ2) is 17.6. The van der Waals surface area contributed by atoms with Crippen molar-refractivity contribution in [1.29, 1.82) is 0 Å². The first-order valence-corrected chi connectivity index (χ1v) is 14.7. The summed E-state index contributed by atoms with van der Waals surface area (Å²) in [5.74, 6) is -1.29. The molecule has 0 fully saturated rings.